The highest BCUT2D eigenvalue weighted by molar-refractivity contribution is 5.60. The van der Waals surface area contributed by atoms with Crippen molar-refractivity contribution in [2.45, 2.75) is 18.6 Å². The van der Waals surface area contributed by atoms with E-state index in [1.165, 1.54) is 31.8 Å². The van der Waals surface area contributed by atoms with Gasteiger partial charge in [0.05, 0.1) is 12.8 Å². The van der Waals surface area contributed by atoms with Crippen LogP contribution in [-0.2, 0) is 0 Å². The molecule has 3 unspecified atom stereocenters. The van der Waals surface area contributed by atoms with Gasteiger partial charge < -0.3 is 9.84 Å². The van der Waals surface area contributed by atoms with Crippen molar-refractivity contribution in [2.24, 2.45) is 0 Å². The Morgan fingerprint density at radius 3 is 2.36 bits per heavy atom. The van der Waals surface area contributed by atoms with Crippen LogP contribution in [0.1, 0.15) is 18.2 Å². The average Bonchev–Trinajstić information content (AvgIpc) is 3.21. The van der Waals surface area contributed by atoms with Crippen molar-refractivity contribution in [3.8, 4) is 17.1 Å². The van der Waals surface area contributed by atoms with E-state index in [1.807, 2.05) is 0 Å². The van der Waals surface area contributed by atoms with E-state index in [0.717, 1.165) is 6.33 Å². The molecule has 0 saturated carbocycles. The summed E-state index contributed by atoms with van der Waals surface area (Å²) >= 11 is 0. The van der Waals surface area contributed by atoms with Gasteiger partial charge in [0.25, 0.3) is 0 Å². The Hall–Kier alpha value is -3.08. The first-order chi connectivity index (χ1) is 12.1. The Morgan fingerprint density at radius 1 is 1.08 bits per heavy atom. The van der Waals surface area contributed by atoms with Crippen molar-refractivity contribution < 1.29 is 18.6 Å². The van der Waals surface area contributed by atoms with Gasteiger partial charge in [-0.2, -0.15) is 4.68 Å². The third-order valence-electron chi connectivity index (χ3n) is 3.41. The molecular formula is C14H13F2N7O2. The highest BCUT2D eigenvalue weighted by Crippen LogP contribution is 2.28. The molecule has 3 atom stereocenters. The summed E-state index contributed by atoms with van der Waals surface area (Å²) in [4.78, 5) is 11.9. The third-order valence-corrected chi connectivity index (χ3v) is 3.41. The van der Waals surface area contributed by atoms with Crippen LogP contribution in [0.2, 0.25) is 0 Å². The van der Waals surface area contributed by atoms with Crippen LogP contribution in [0, 0.1) is 0 Å². The molecule has 3 aromatic rings. The number of halogens is 2. The van der Waals surface area contributed by atoms with Crippen molar-refractivity contribution >= 4 is 0 Å². The molecule has 0 amide bonds. The van der Waals surface area contributed by atoms with Crippen LogP contribution in [0.4, 0.5) is 8.78 Å². The zero-order valence-corrected chi connectivity index (χ0v) is 12.9. The molecule has 9 nitrogen and oxygen atoms in total. The lowest BCUT2D eigenvalue weighted by Gasteiger charge is -2.18. The maximum Gasteiger partial charge on any atom is 0.316 e. The lowest BCUT2D eigenvalue weighted by molar-refractivity contribution is -0.0294. The van der Waals surface area contributed by atoms with Gasteiger partial charge in [0.2, 0.25) is 6.30 Å². The van der Waals surface area contributed by atoms with Crippen molar-refractivity contribution in [1.29, 1.82) is 0 Å². The van der Waals surface area contributed by atoms with E-state index in [1.54, 1.807) is 6.07 Å². The average molecular weight is 349 g/mol. The Morgan fingerprint density at radius 2 is 1.80 bits per heavy atom. The maximum atomic E-state index is 14.3. The predicted octanol–water partition coefficient (Wildman–Crippen LogP) is 1.07. The fourth-order valence-electron chi connectivity index (χ4n) is 2.06. The summed E-state index contributed by atoms with van der Waals surface area (Å²) in [6.45, 7) is 0. The Balaban J connectivity index is 1.74. The summed E-state index contributed by atoms with van der Waals surface area (Å²) < 4.78 is 33.8. The van der Waals surface area contributed by atoms with Crippen LogP contribution in [0.5, 0.6) is 6.01 Å². The highest BCUT2D eigenvalue weighted by atomic mass is 19.1. The summed E-state index contributed by atoms with van der Waals surface area (Å²) in [5.41, 5.74) is 1.15. The van der Waals surface area contributed by atoms with Gasteiger partial charge in [0, 0.05) is 29.7 Å². The Bertz CT molecular complexity index is 799. The lowest BCUT2D eigenvalue weighted by Crippen LogP contribution is -2.26. The number of aliphatic hydroxyl groups excluding tert-OH is 1. The third kappa shape index (κ3) is 3.55. The SMILES string of the molecule is COc1ncc(-c2ccc(C(F)C(O)C(F)n3cnnn3)nc2)cn1. The number of hydrogen-bond acceptors (Lipinski definition) is 8. The summed E-state index contributed by atoms with van der Waals surface area (Å²) in [6, 6.07) is 3.13. The van der Waals surface area contributed by atoms with Crippen molar-refractivity contribution in [1.82, 2.24) is 35.2 Å². The molecule has 3 aromatic heterocycles. The molecule has 3 rings (SSSR count). The van der Waals surface area contributed by atoms with Gasteiger partial charge in [-0.3, -0.25) is 4.98 Å². The molecule has 130 valence electrons. The van der Waals surface area contributed by atoms with Crippen LogP contribution in [0.25, 0.3) is 11.1 Å². The molecule has 0 radical (unpaired) electrons. The number of tetrazole rings is 1. The molecule has 11 heteroatoms. The largest absolute Gasteiger partial charge is 0.467 e. The van der Waals surface area contributed by atoms with E-state index in [0.29, 0.717) is 15.8 Å². The van der Waals surface area contributed by atoms with Gasteiger partial charge in [0.15, 0.2) is 6.17 Å². The minimum atomic E-state index is -2.14. The highest BCUT2D eigenvalue weighted by Gasteiger charge is 2.32. The normalized spacial score (nSPS) is 14.7. The van der Waals surface area contributed by atoms with Gasteiger partial charge in [-0.05, 0) is 16.5 Å². The standard InChI is InChI=1S/C14H13F2N7O2/c1-25-14-18-5-9(6-19-14)8-2-3-10(17-4-8)11(15)12(24)13(16)23-7-20-21-22-23/h2-7,11-13,24H,1H3. The number of rotatable bonds is 6. The van der Waals surface area contributed by atoms with Gasteiger partial charge >= 0.3 is 6.01 Å². The van der Waals surface area contributed by atoms with Crippen LogP contribution in [0.3, 0.4) is 0 Å². The van der Waals surface area contributed by atoms with Crippen LogP contribution < -0.4 is 4.74 Å². The van der Waals surface area contributed by atoms with Gasteiger partial charge in [-0.15, -0.1) is 5.10 Å². The number of alkyl halides is 2. The van der Waals surface area contributed by atoms with Crippen LogP contribution in [-0.4, -0.2) is 53.5 Å². The van der Waals surface area contributed by atoms with Crippen LogP contribution >= 0.6 is 0 Å². The number of aromatic nitrogens is 7. The molecule has 25 heavy (non-hydrogen) atoms. The zero-order valence-electron chi connectivity index (χ0n) is 12.9. The van der Waals surface area contributed by atoms with E-state index in [9.17, 15) is 13.9 Å². The molecule has 0 aliphatic carbocycles. The zero-order chi connectivity index (χ0) is 17.8. The second kappa shape index (κ2) is 7.21. The molecule has 0 aliphatic heterocycles. The van der Waals surface area contributed by atoms with E-state index >= 15 is 0 Å². The fraction of sp³-hybridized carbons (Fsp3) is 0.286. The second-order valence-electron chi connectivity index (χ2n) is 4.99. The lowest BCUT2D eigenvalue weighted by atomic mass is 10.1. The smallest absolute Gasteiger partial charge is 0.316 e. The van der Waals surface area contributed by atoms with Crippen LogP contribution in [0.15, 0.2) is 37.1 Å². The first-order valence-corrected chi connectivity index (χ1v) is 7.11. The number of nitrogens with zero attached hydrogens (tertiary/aromatic N) is 7. The van der Waals surface area contributed by atoms with Gasteiger partial charge in [-0.25, -0.2) is 18.7 Å². The Labute approximate surface area is 140 Å². The number of pyridine rings is 1. The first kappa shape index (κ1) is 16.8. The van der Waals surface area contributed by atoms with E-state index in [2.05, 4.69) is 30.5 Å². The molecule has 0 bridgehead atoms. The number of methoxy groups -OCH3 is 1. The molecule has 0 saturated heterocycles. The minimum Gasteiger partial charge on any atom is -0.467 e. The summed E-state index contributed by atoms with van der Waals surface area (Å²) in [6.07, 6.45) is -0.822. The topological polar surface area (TPSA) is 112 Å². The number of aliphatic hydroxyl groups is 1. The number of hydrogen-bond donors (Lipinski definition) is 1. The monoisotopic (exact) mass is 349 g/mol. The molecule has 0 aliphatic rings. The van der Waals surface area contributed by atoms with Crippen molar-refractivity contribution in [3.05, 3.63) is 42.7 Å². The summed E-state index contributed by atoms with van der Waals surface area (Å²) in [5, 5.41) is 19.6. The predicted molar refractivity (Wildman–Crippen MR) is 79.6 cm³/mol. The van der Waals surface area contributed by atoms with Crippen molar-refractivity contribution in [2.75, 3.05) is 7.11 Å². The van der Waals surface area contributed by atoms with Gasteiger partial charge in [0.1, 0.15) is 12.4 Å². The van der Waals surface area contributed by atoms with E-state index < -0.39 is 18.6 Å². The molecule has 0 spiro atoms. The molecule has 3 heterocycles. The molecule has 0 fully saturated rings. The van der Waals surface area contributed by atoms with E-state index in [4.69, 9.17) is 4.74 Å². The van der Waals surface area contributed by atoms with Gasteiger partial charge in [-0.1, -0.05) is 6.07 Å². The summed E-state index contributed by atoms with van der Waals surface area (Å²) in [7, 11) is 1.45. The van der Waals surface area contributed by atoms with Crippen molar-refractivity contribution in [3.63, 3.8) is 0 Å². The number of ether oxygens (including phenoxy) is 1. The minimum absolute atomic E-state index is 0.124. The quantitative estimate of drug-likeness (QED) is 0.703. The molecule has 0 aromatic carbocycles. The molecule has 1 N–H and O–H groups in total. The maximum absolute atomic E-state index is 14.3. The van der Waals surface area contributed by atoms with E-state index in [-0.39, 0.29) is 11.7 Å². The first-order valence-electron chi connectivity index (χ1n) is 7.11. The Kier molecular flexibility index (Phi) is 4.84. The fourth-order valence-corrected chi connectivity index (χ4v) is 2.06. The molecular weight excluding hydrogens is 336 g/mol. The second-order valence-corrected chi connectivity index (χ2v) is 4.99. The summed E-state index contributed by atoms with van der Waals surface area (Å²) in [5.74, 6) is 0.